The van der Waals surface area contributed by atoms with Crippen molar-refractivity contribution in [2.24, 2.45) is 0 Å². The molecule has 0 atom stereocenters. The summed E-state index contributed by atoms with van der Waals surface area (Å²) >= 11 is 7.78. The molecule has 2 rings (SSSR count). The Morgan fingerprint density at radius 1 is 1.40 bits per heavy atom. The fraction of sp³-hybridized carbons (Fsp3) is 0. The number of rotatable bonds is 2. The SMILES string of the molecule is O=C(c1cccs1)c1nc(Br)cnc1Br. The lowest BCUT2D eigenvalue weighted by Gasteiger charge is -2.00. The zero-order chi connectivity index (χ0) is 10.8. The van der Waals surface area contributed by atoms with Crippen molar-refractivity contribution in [2.45, 2.75) is 0 Å². The molecule has 0 saturated heterocycles. The van der Waals surface area contributed by atoms with Crippen molar-refractivity contribution in [1.82, 2.24) is 9.97 Å². The van der Waals surface area contributed by atoms with Crippen LogP contribution in [0.4, 0.5) is 0 Å². The van der Waals surface area contributed by atoms with E-state index in [1.807, 2.05) is 11.4 Å². The summed E-state index contributed by atoms with van der Waals surface area (Å²) in [6.45, 7) is 0. The molecule has 0 amide bonds. The maximum atomic E-state index is 11.9. The summed E-state index contributed by atoms with van der Waals surface area (Å²) in [5.74, 6) is -0.120. The number of hydrogen-bond acceptors (Lipinski definition) is 4. The van der Waals surface area contributed by atoms with Crippen LogP contribution in [0.25, 0.3) is 0 Å². The predicted octanol–water partition coefficient (Wildman–Crippen LogP) is 3.29. The first-order valence-electron chi connectivity index (χ1n) is 3.94. The van der Waals surface area contributed by atoms with Gasteiger partial charge in [-0.3, -0.25) is 4.79 Å². The number of nitrogens with zero attached hydrogens (tertiary/aromatic N) is 2. The zero-order valence-electron chi connectivity index (χ0n) is 7.28. The highest BCUT2D eigenvalue weighted by Crippen LogP contribution is 2.20. The minimum absolute atomic E-state index is 0.120. The van der Waals surface area contributed by atoms with Crippen LogP contribution in [0.1, 0.15) is 15.4 Å². The van der Waals surface area contributed by atoms with Gasteiger partial charge in [0.05, 0.1) is 11.1 Å². The van der Waals surface area contributed by atoms with Gasteiger partial charge in [0.2, 0.25) is 5.78 Å². The first-order chi connectivity index (χ1) is 7.18. The number of hydrogen-bond donors (Lipinski definition) is 0. The summed E-state index contributed by atoms with van der Waals surface area (Å²) in [5, 5.41) is 1.85. The molecule has 0 aliphatic heterocycles. The molecule has 0 aliphatic rings. The number of ketones is 1. The van der Waals surface area contributed by atoms with E-state index in [2.05, 4.69) is 41.8 Å². The average molecular weight is 348 g/mol. The van der Waals surface area contributed by atoms with E-state index >= 15 is 0 Å². The van der Waals surface area contributed by atoms with Crippen molar-refractivity contribution in [3.63, 3.8) is 0 Å². The van der Waals surface area contributed by atoms with Crippen LogP contribution in [-0.2, 0) is 0 Å². The van der Waals surface area contributed by atoms with Crippen molar-refractivity contribution in [2.75, 3.05) is 0 Å². The smallest absolute Gasteiger partial charge is 0.224 e. The summed E-state index contributed by atoms with van der Waals surface area (Å²) in [6.07, 6.45) is 1.54. The lowest BCUT2D eigenvalue weighted by molar-refractivity contribution is 0.103. The molecule has 0 saturated carbocycles. The van der Waals surface area contributed by atoms with E-state index in [9.17, 15) is 4.79 Å². The quantitative estimate of drug-likeness (QED) is 0.783. The normalized spacial score (nSPS) is 10.3. The number of carbonyl (C=O) groups excluding carboxylic acids is 1. The van der Waals surface area contributed by atoms with E-state index in [0.29, 0.717) is 19.8 Å². The molecule has 0 aliphatic carbocycles. The van der Waals surface area contributed by atoms with Gasteiger partial charge >= 0.3 is 0 Å². The Balaban J connectivity index is 2.46. The Hall–Kier alpha value is -0.590. The topological polar surface area (TPSA) is 42.9 Å². The zero-order valence-corrected chi connectivity index (χ0v) is 11.3. The number of thiophene rings is 1. The molecule has 15 heavy (non-hydrogen) atoms. The minimum Gasteiger partial charge on any atom is -0.286 e. The molecule has 0 N–H and O–H groups in total. The molecule has 2 aromatic rings. The van der Waals surface area contributed by atoms with Gasteiger partial charge in [0, 0.05) is 0 Å². The van der Waals surface area contributed by atoms with Crippen molar-refractivity contribution in [1.29, 1.82) is 0 Å². The third kappa shape index (κ3) is 2.32. The van der Waals surface area contributed by atoms with Crippen molar-refractivity contribution in [3.8, 4) is 0 Å². The van der Waals surface area contributed by atoms with Crippen LogP contribution in [0, 0.1) is 0 Å². The third-order valence-corrected chi connectivity index (χ3v) is 3.49. The van der Waals surface area contributed by atoms with Crippen LogP contribution in [0.3, 0.4) is 0 Å². The number of aromatic nitrogens is 2. The molecule has 6 heteroatoms. The number of halogens is 2. The summed E-state index contributed by atoms with van der Waals surface area (Å²) in [7, 11) is 0. The predicted molar refractivity (Wildman–Crippen MR) is 65.2 cm³/mol. The molecule has 2 aromatic heterocycles. The Bertz CT molecular complexity index is 499. The molecule has 0 aromatic carbocycles. The first-order valence-corrected chi connectivity index (χ1v) is 6.41. The molecule has 0 radical (unpaired) electrons. The monoisotopic (exact) mass is 346 g/mol. The Morgan fingerprint density at radius 2 is 2.20 bits per heavy atom. The van der Waals surface area contributed by atoms with Crippen LogP contribution in [0.2, 0.25) is 0 Å². The van der Waals surface area contributed by atoms with Crippen molar-refractivity contribution in [3.05, 3.63) is 43.5 Å². The van der Waals surface area contributed by atoms with Crippen LogP contribution < -0.4 is 0 Å². The lowest BCUT2D eigenvalue weighted by Crippen LogP contribution is -2.04. The molecule has 3 nitrogen and oxygen atoms in total. The maximum Gasteiger partial charge on any atom is 0.224 e. The van der Waals surface area contributed by atoms with Crippen LogP contribution in [-0.4, -0.2) is 15.8 Å². The van der Waals surface area contributed by atoms with Gasteiger partial charge in [-0.05, 0) is 43.3 Å². The van der Waals surface area contributed by atoms with Gasteiger partial charge in [-0.15, -0.1) is 11.3 Å². The van der Waals surface area contributed by atoms with E-state index < -0.39 is 0 Å². The second-order valence-electron chi connectivity index (χ2n) is 2.64. The fourth-order valence-corrected chi connectivity index (χ4v) is 2.34. The van der Waals surface area contributed by atoms with E-state index in [1.165, 1.54) is 17.5 Å². The molecule has 0 spiro atoms. The lowest BCUT2D eigenvalue weighted by atomic mass is 10.2. The van der Waals surface area contributed by atoms with Gasteiger partial charge in [0.15, 0.2) is 0 Å². The Kier molecular flexibility index (Phi) is 3.28. The van der Waals surface area contributed by atoms with E-state index in [0.717, 1.165) is 0 Å². The van der Waals surface area contributed by atoms with Crippen LogP contribution >= 0.6 is 43.2 Å². The molecule has 0 unspecified atom stereocenters. The molecular weight excluding hydrogens is 344 g/mol. The second-order valence-corrected chi connectivity index (χ2v) is 5.15. The molecule has 76 valence electrons. The number of carbonyl (C=O) groups is 1. The van der Waals surface area contributed by atoms with E-state index in [4.69, 9.17) is 0 Å². The third-order valence-electron chi connectivity index (χ3n) is 1.66. The van der Waals surface area contributed by atoms with E-state index in [-0.39, 0.29) is 5.78 Å². The molecule has 2 heterocycles. The van der Waals surface area contributed by atoms with Gasteiger partial charge in [-0.1, -0.05) is 6.07 Å². The first kappa shape index (κ1) is 10.9. The largest absolute Gasteiger partial charge is 0.286 e. The highest BCUT2D eigenvalue weighted by atomic mass is 79.9. The van der Waals surface area contributed by atoms with Gasteiger partial charge < -0.3 is 0 Å². The molecule has 0 bridgehead atoms. The maximum absolute atomic E-state index is 11.9. The van der Waals surface area contributed by atoms with Crippen LogP contribution in [0.5, 0.6) is 0 Å². The van der Waals surface area contributed by atoms with Gasteiger partial charge in [0.1, 0.15) is 14.9 Å². The summed E-state index contributed by atoms with van der Waals surface area (Å²) in [5.41, 5.74) is 0.326. The Labute approximate surface area is 107 Å². The standard InChI is InChI=1S/C9H4Br2N2OS/c10-6-4-12-9(11)7(13-6)8(14)5-2-1-3-15-5/h1-4H. The highest BCUT2D eigenvalue weighted by Gasteiger charge is 2.16. The van der Waals surface area contributed by atoms with Gasteiger partial charge in [-0.25, -0.2) is 9.97 Å². The highest BCUT2D eigenvalue weighted by molar-refractivity contribution is 9.10. The van der Waals surface area contributed by atoms with Crippen molar-refractivity contribution < 1.29 is 4.79 Å². The van der Waals surface area contributed by atoms with Crippen LogP contribution in [0.15, 0.2) is 32.9 Å². The molecule has 0 fully saturated rings. The minimum atomic E-state index is -0.120. The summed E-state index contributed by atoms with van der Waals surface area (Å²) in [4.78, 5) is 20.7. The van der Waals surface area contributed by atoms with Gasteiger partial charge in [-0.2, -0.15) is 0 Å². The van der Waals surface area contributed by atoms with Gasteiger partial charge in [0.25, 0.3) is 0 Å². The summed E-state index contributed by atoms with van der Waals surface area (Å²) < 4.78 is 1.01. The average Bonchev–Trinajstić information content (AvgIpc) is 2.74. The summed E-state index contributed by atoms with van der Waals surface area (Å²) in [6, 6.07) is 3.60. The van der Waals surface area contributed by atoms with Crippen molar-refractivity contribution >= 4 is 49.0 Å². The second kappa shape index (κ2) is 4.51. The van der Waals surface area contributed by atoms with E-state index in [1.54, 1.807) is 6.07 Å². The fourth-order valence-electron chi connectivity index (χ4n) is 1.02. The molecular formula is C9H4Br2N2OS. The Morgan fingerprint density at radius 3 is 2.87 bits per heavy atom.